The fourth-order valence-electron chi connectivity index (χ4n) is 2.91. The Morgan fingerprint density at radius 3 is 2.32 bits per heavy atom. The van der Waals surface area contributed by atoms with Crippen molar-refractivity contribution in [3.05, 3.63) is 23.8 Å². The second-order valence-corrected chi connectivity index (χ2v) is 6.76. The molecule has 25 heavy (non-hydrogen) atoms. The average molecular weight is 349 g/mol. The maximum Gasteiger partial charge on any atom is 0.308 e. The summed E-state index contributed by atoms with van der Waals surface area (Å²) in [6.45, 7) is 3.80. The van der Waals surface area contributed by atoms with Gasteiger partial charge in [-0.05, 0) is 37.0 Å². The molecule has 1 aliphatic carbocycles. The van der Waals surface area contributed by atoms with Crippen LogP contribution in [0.3, 0.4) is 0 Å². The fraction of sp³-hybridized carbons (Fsp3) is 0.579. The van der Waals surface area contributed by atoms with Gasteiger partial charge in [-0.25, -0.2) is 0 Å². The fourth-order valence-corrected chi connectivity index (χ4v) is 2.91. The molecule has 1 aromatic rings. The third kappa shape index (κ3) is 4.87. The first kappa shape index (κ1) is 19.1. The summed E-state index contributed by atoms with van der Waals surface area (Å²) in [6.07, 6.45) is 2.49. The summed E-state index contributed by atoms with van der Waals surface area (Å²) in [6, 6.07) is 5.83. The Bertz CT molecular complexity index is 626. The van der Waals surface area contributed by atoms with E-state index in [1.807, 2.05) is 25.1 Å². The highest BCUT2D eigenvalue weighted by Crippen LogP contribution is 2.31. The molecule has 6 nitrogen and oxygen atoms in total. The standard InChI is InChI=1S/C19H27NO5/c1-12(9-14-5-8-16(24-3)17(10-14)25-4)18(21)20(15-6-7-15)11-13(2)19(22)23/h5,8,10,12-13,15H,6-7,9,11H2,1-4H3,(H,22,23). The Morgan fingerprint density at radius 2 is 1.80 bits per heavy atom. The number of aliphatic carboxylic acids is 1. The molecule has 0 saturated heterocycles. The van der Waals surface area contributed by atoms with Gasteiger partial charge in [0, 0.05) is 18.5 Å². The van der Waals surface area contributed by atoms with Crippen molar-refractivity contribution in [1.29, 1.82) is 0 Å². The van der Waals surface area contributed by atoms with E-state index in [1.165, 1.54) is 0 Å². The molecule has 2 atom stereocenters. The number of hydrogen-bond acceptors (Lipinski definition) is 4. The molecule has 0 spiro atoms. The van der Waals surface area contributed by atoms with E-state index in [0.717, 1.165) is 18.4 Å². The molecule has 1 fully saturated rings. The van der Waals surface area contributed by atoms with Crippen LogP contribution in [0.5, 0.6) is 11.5 Å². The first-order valence-electron chi connectivity index (χ1n) is 8.61. The van der Waals surface area contributed by atoms with E-state index in [2.05, 4.69) is 0 Å². The van der Waals surface area contributed by atoms with Crippen molar-refractivity contribution in [3.8, 4) is 11.5 Å². The van der Waals surface area contributed by atoms with Crippen LogP contribution in [-0.2, 0) is 16.0 Å². The number of hydrogen-bond donors (Lipinski definition) is 1. The Hall–Kier alpha value is -2.24. The molecule has 6 heteroatoms. The topological polar surface area (TPSA) is 76.1 Å². The summed E-state index contributed by atoms with van der Waals surface area (Å²) in [5.41, 5.74) is 0.987. The minimum absolute atomic E-state index is 0.0189. The number of benzene rings is 1. The zero-order valence-electron chi connectivity index (χ0n) is 15.3. The first-order valence-corrected chi connectivity index (χ1v) is 8.61. The molecule has 1 N–H and O–H groups in total. The highest BCUT2D eigenvalue weighted by molar-refractivity contribution is 5.80. The number of rotatable bonds is 9. The van der Waals surface area contributed by atoms with Crippen LogP contribution in [-0.4, -0.2) is 48.7 Å². The predicted octanol–water partition coefficient (Wildman–Crippen LogP) is 2.59. The van der Waals surface area contributed by atoms with Gasteiger partial charge in [0.15, 0.2) is 11.5 Å². The molecule has 2 unspecified atom stereocenters. The second-order valence-electron chi connectivity index (χ2n) is 6.76. The highest BCUT2D eigenvalue weighted by Gasteiger charge is 2.36. The van der Waals surface area contributed by atoms with E-state index in [4.69, 9.17) is 14.6 Å². The number of amides is 1. The molecule has 1 aliphatic rings. The zero-order chi connectivity index (χ0) is 18.6. The Labute approximate surface area is 148 Å². The Balaban J connectivity index is 2.06. The summed E-state index contributed by atoms with van der Waals surface area (Å²) in [5, 5.41) is 9.13. The minimum atomic E-state index is -0.869. The van der Waals surface area contributed by atoms with Crippen LogP contribution in [0.4, 0.5) is 0 Å². The van der Waals surface area contributed by atoms with Gasteiger partial charge < -0.3 is 19.5 Å². The normalized spacial score (nSPS) is 16.0. The number of methoxy groups -OCH3 is 2. The molecule has 0 heterocycles. The SMILES string of the molecule is COc1ccc(CC(C)C(=O)N(CC(C)C(=O)O)C2CC2)cc1OC. The molecule has 1 saturated carbocycles. The van der Waals surface area contributed by atoms with E-state index >= 15 is 0 Å². The molecule has 0 bridgehead atoms. The first-order chi connectivity index (χ1) is 11.9. The average Bonchev–Trinajstić information content (AvgIpc) is 3.43. The summed E-state index contributed by atoms with van der Waals surface area (Å²) < 4.78 is 10.5. The smallest absolute Gasteiger partial charge is 0.308 e. The van der Waals surface area contributed by atoms with Crippen molar-refractivity contribution >= 4 is 11.9 Å². The van der Waals surface area contributed by atoms with Crippen molar-refractivity contribution in [2.24, 2.45) is 11.8 Å². The Morgan fingerprint density at radius 1 is 1.16 bits per heavy atom. The lowest BCUT2D eigenvalue weighted by Crippen LogP contribution is -2.41. The predicted molar refractivity (Wildman–Crippen MR) is 93.9 cm³/mol. The van der Waals surface area contributed by atoms with E-state index in [1.54, 1.807) is 26.0 Å². The van der Waals surface area contributed by atoms with Gasteiger partial charge in [0.2, 0.25) is 5.91 Å². The van der Waals surface area contributed by atoms with Crippen molar-refractivity contribution in [2.45, 2.75) is 39.2 Å². The van der Waals surface area contributed by atoms with Crippen molar-refractivity contribution in [3.63, 3.8) is 0 Å². The van der Waals surface area contributed by atoms with E-state index < -0.39 is 11.9 Å². The van der Waals surface area contributed by atoms with Crippen LogP contribution in [0.15, 0.2) is 18.2 Å². The van der Waals surface area contributed by atoms with Gasteiger partial charge in [0.1, 0.15) is 0 Å². The van der Waals surface area contributed by atoms with Crippen molar-refractivity contribution in [2.75, 3.05) is 20.8 Å². The van der Waals surface area contributed by atoms with Crippen LogP contribution >= 0.6 is 0 Å². The van der Waals surface area contributed by atoms with E-state index in [0.29, 0.717) is 17.9 Å². The lowest BCUT2D eigenvalue weighted by Gasteiger charge is -2.27. The van der Waals surface area contributed by atoms with E-state index in [9.17, 15) is 9.59 Å². The molecule has 1 aromatic carbocycles. The molecule has 138 valence electrons. The summed E-state index contributed by atoms with van der Waals surface area (Å²) in [4.78, 5) is 25.7. The number of carbonyl (C=O) groups excluding carboxylic acids is 1. The van der Waals surface area contributed by atoms with Gasteiger partial charge in [-0.2, -0.15) is 0 Å². The summed E-state index contributed by atoms with van der Waals surface area (Å²) in [7, 11) is 3.17. The van der Waals surface area contributed by atoms with E-state index in [-0.39, 0.29) is 24.4 Å². The summed E-state index contributed by atoms with van der Waals surface area (Å²) in [5.74, 6) is -0.341. The van der Waals surface area contributed by atoms with Crippen LogP contribution in [0.25, 0.3) is 0 Å². The molecule has 0 aliphatic heterocycles. The zero-order valence-corrected chi connectivity index (χ0v) is 15.3. The quantitative estimate of drug-likeness (QED) is 0.741. The number of carboxylic acids is 1. The molecule has 0 radical (unpaired) electrons. The maximum atomic E-state index is 12.8. The molecular formula is C19H27NO5. The van der Waals surface area contributed by atoms with Gasteiger partial charge in [0.25, 0.3) is 0 Å². The molecule has 2 rings (SSSR count). The van der Waals surface area contributed by atoms with Crippen LogP contribution < -0.4 is 9.47 Å². The number of carboxylic acid groups (broad SMARTS) is 1. The summed E-state index contributed by atoms with van der Waals surface area (Å²) >= 11 is 0. The van der Waals surface area contributed by atoms with Crippen molar-refractivity contribution in [1.82, 2.24) is 4.90 Å². The molecule has 1 amide bonds. The third-order valence-corrected chi connectivity index (χ3v) is 4.57. The van der Waals surface area contributed by atoms with Gasteiger partial charge in [-0.3, -0.25) is 9.59 Å². The number of ether oxygens (including phenoxy) is 2. The molecule has 0 aromatic heterocycles. The van der Waals surface area contributed by atoms with Crippen LogP contribution in [0.2, 0.25) is 0 Å². The van der Waals surface area contributed by atoms with Crippen LogP contribution in [0, 0.1) is 11.8 Å². The lowest BCUT2D eigenvalue weighted by molar-refractivity contribution is -0.144. The van der Waals surface area contributed by atoms with Gasteiger partial charge in [0.05, 0.1) is 20.1 Å². The monoisotopic (exact) mass is 349 g/mol. The maximum absolute atomic E-state index is 12.8. The Kier molecular flexibility index (Phi) is 6.28. The largest absolute Gasteiger partial charge is 0.493 e. The highest BCUT2D eigenvalue weighted by atomic mass is 16.5. The van der Waals surface area contributed by atoms with Gasteiger partial charge in [-0.1, -0.05) is 19.9 Å². The van der Waals surface area contributed by atoms with Crippen LogP contribution in [0.1, 0.15) is 32.3 Å². The number of carbonyl (C=O) groups is 2. The number of nitrogens with zero attached hydrogens (tertiary/aromatic N) is 1. The lowest BCUT2D eigenvalue weighted by atomic mass is 9.98. The van der Waals surface area contributed by atoms with Crippen molar-refractivity contribution < 1.29 is 24.2 Å². The third-order valence-electron chi connectivity index (χ3n) is 4.57. The van der Waals surface area contributed by atoms with Gasteiger partial charge >= 0.3 is 5.97 Å². The molecular weight excluding hydrogens is 322 g/mol. The van der Waals surface area contributed by atoms with Gasteiger partial charge in [-0.15, -0.1) is 0 Å². The second kappa shape index (κ2) is 8.23. The minimum Gasteiger partial charge on any atom is -0.493 e.